The normalized spacial score (nSPS) is 31.0. The Morgan fingerprint density at radius 1 is 0.894 bits per heavy atom. The average molecular weight is 938 g/mol. The number of aliphatic hydroxyl groups excluding tert-OH is 1. The highest BCUT2D eigenvalue weighted by Gasteiger charge is 2.76. The fourth-order valence-corrected chi connectivity index (χ4v) is 10.4. The van der Waals surface area contributed by atoms with Crippen LogP contribution in [-0.4, -0.2) is 123 Å². The molecule has 354 valence electrons. The number of esters is 2. The molecule has 3 fully saturated rings. The summed E-state index contributed by atoms with van der Waals surface area (Å²) in [5, 5.41) is 41.4. The molecule has 66 heavy (non-hydrogen) atoms. The fraction of sp³-hybridized carbons (Fsp3) is 0.457. The van der Waals surface area contributed by atoms with E-state index in [4.69, 9.17) is 28.4 Å². The first-order chi connectivity index (χ1) is 31.1. The lowest BCUT2D eigenvalue weighted by Crippen LogP contribution is -2.81. The van der Waals surface area contributed by atoms with Crippen LogP contribution in [0.1, 0.15) is 72.9 Å². The van der Waals surface area contributed by atoms with Gasteiger partial charge in [-0.25, -0.2) is 18.9 Å². The molecule has 1 heterocycles. The number of ether oxygens (including phenoxy) is 6. The lowest BCUT2D eigenvalue weighted by atomic mass is 9.44. The van der Waals surface area contributed by atoms with Gasteiger partial charge in [-0.1, -0.05) is 80.6 Å². The number of aliphatic hydroxyl groups is 3. The van der Waals surface area contributed by atoms with Gasteiger partial charge in [-0.05, 0) is 54.8 Å². The number of ketones is 1. The van der Waals surface area contributed by atoms with Crippen molar-refractivity contribution in [3.63, 3.8) is 0 Å². The van der Waals surface area contributed by atoms with Crippen LogP contribution in [0.3, 0.4) is 0 Å². The number of fused-ring (bicyclic) bond motifs is 5. The van der Waals surface area contributed by atoms with Crippen molar-refractivity contribution >= 4 is 37.6 Å². The second-order valence-corrected chi connectivity index (χ2v) is 18.9. The van der Waals surface area contributed by atoms with Crippen molar-refractivity contribution in [2.24, 2.45) is 16.7 Å². The van der Waals surface area contributed by atoms with E-state index < -0.39 is 128 Å². The summed E-state index contributed by atoms with van der Waals surface area (Å²) in [5.41, 5.74) is -8.01. The van der Waals surface area contributed by atoms with E-state index in [2.05, 4.69) is 9.84 Å². The number of hydrogen-bond acceptors (Lipinski definition) is 16. The van der Waals surface area contributed by atoms with Crippen molar-refractivity contribution < 1.29 is 86.6 Å². The van der Waals surface area contributed by atoms with Gasteiger partial charge in [-0.15, -0.1) is 0 Å². The predicted octanol–water partition coefficient (Wildman–Crippen LogP) is 3.48. The van der Waals surface area contributed by atoms with Gasteiger partial charge in [0.1, 0.15) is 35.6 Å². The summed E-state index contributed by atoms with van der Waals surface area (Å²) in [6.07, 6.45) is -12.5. The van der Waals surface area contributed by atoms with Gasteiger partial charge in [0.2, 0.25) is 6.10 Å². The molecular formula is C46H52NO18P. The number of amides is 1. The number of rotatable bonds is 13. The number of carbonyl (C=O) groups is 5. The van der Waals surface area contributed by atoms with Crippen LogP contribution in [0.4, 0.5) is 4.79 Å². The highest BCUT2D eigenvalue weighted by atomic mass is 31.2. The van der Waals surface area contributed by atoms with E-state index >= 15 is 4.79 Å². The molecule has 2 saturated carbocycles. The summed E-state index contributed by atoms with van der Waals surface area (Å²) >= 11 is 0. The van der Waals surface area contributed by atoms with Gasteiger partial charge in [-0.2, -0.15) is 0 Å². The van der Waals surface area contributed by atoms with Crippen LogP contribution < -0.4 is 5.32 Å². The number of nitrogens with one attached hydrogen (secondary N) is 1. The molecule has 0 aromatic heterocycles. The Bertz CT molecular complexity index is 2410. The minimum absolute atomic E-state index is 0.0131. The van der Waals surface area contributed by atoms with Crippen molar-refractivity contribution in [2.75, 3.05) is 20.5 Å². The Morgan fingerprint density at radius 2 is 1.48 bits per heavy atom. The first-order valence-electron chi connectivity index (χ1n) is 21.0. The Hall–Kier alpha value is -5.34. The van der Waals surface area contributed by atoms with Crippen molar-refractivity contribution in [1.29, 1.82) is 0 Å². The largest absolute Gasteiger partial charge is 0.508 e. The molecule has 0 radical (unpaired) electrons. The number of benzene rings is 3. The molecule has 1 saturated heterocycles. The Balaban J connectivity index is 1.37. The summed E-state index contributed by atoms with van der Waals surface area (Å²) in [5.74, 6) is -5.63. The van der Waals surface area contributed by atoms with Crippen molar-refractivity contribution in [3.8, 4) is 0 Å². The maximum Gasteiger partial charge on any atom is 0.508 e. The number of hydrogen-bond donors (Lipinski definition) is 6. The topological polar surface area (TPSA) is 280 Å². The molecule has 20 heteroatoms. The summed E-state index contributed by atoms with van der Waals surface area (Å²) in [6.45, 7) is 4.26. The van der Waals surface area contributed by atoms with Crippen LogP contribution in [0.25, 0.3) is 0 Å². The molecule has 11 atom stereocenters. The number of phosphoric ester groups is 1. The van der Waals surface area contributed by atoms with Crippen LogP contribution in [0.2, 0.25) is 0 Å². The SMILES string of the molecule is COC(=O)OC(C(=O)OC1CC2(O)C(OC(=O)c3ccccc3)C3[C@]4(O)COC4CC(OCOP(=O)(O)O)[C@@]3(C)C(=O)C(O)C(=C1C)C2(C)C)C(NC(=O)c1ccccc1)c1ccccc1. The number of carbonyl (C=O) groups excluding carboxylic acids is 5. The van der Waals surface area contributed by atoms with Gasteiger partial charge in [0.05, 0.1) is 36.9 Å². The second kappa shape index (κ2) is 18.4. The van der Waals surface area contributed by atoms with Crippen LogP contribution in [0, 0.1) is 16.7 Å². The monoisotopic (exact) mass is 937 g/mol. The molecule has 7 rings (SSSR count). The zero-order valence-corrected chi connectivity index (χ0v) is 37.5. The number of methoxy groups -OCH3 is 1. The van der Waals surface area contributed by atoms with E-state index in [1.165, 1.54) is 52.0 Å². The highest BCUT2D eigenvalue weighted by molar-refractivity contribution is 7.46. The molecule has 4 aliphatic rings. The summed E-state index contributed by atoms with van der Waals surface area (Å²) in [7, 11) is -4.11. The molecule has 19 nitrogen and oxygen atoms in total. The minimum atomic E-state index is -5.11. The summed E-state index contributed by atoms with van der Waals surface area (Å²) < 4.78 is 50.7. The lowest BCUT2D eigenvalue weighted by molar-refractivity contribution is -0.349. The fourth-order valence-electron chi connectivity index (χ4n) is 10.2. The zero-order chi connectivity index (χ0) is 48.0. The van der Waals surface area contributed by atoms with Gasteiger partial charge in [0, 0.05) is 29.7 Å². The smallest absolute Gasteiger partial charge is 0.455 e. The molecule has 0 spiro atoms. The third kappa shape index (κ3) is 8.71. The number of phosphoric acid groups is 1. The van der Waals surface area contributed by atoms with E-state index in [1.807, 2.05) is 0 Å². The Morgan fingerprint density at radius 3 is 2.05 bits per heavy atom. The van der Waals surface area contributed by atoms with Gasteiger partial charge in [0.25, 0.3) is 5.91 Å². The average Bonchev–Trinajstić information content (AvgIpc) is 3.28. The molecule has 1 amide bonds. The first kappa shape index (κ1) is 48.6. The molecular weight excluding hydrogens is 885 g/mol. The predicted molar refractivity (Wildman–Crippen MR) is 227 cm³/mol. The van der Waals surface area contributed by atoms with Crippen LogP contribution in [-0.2, 0) is 47.1 Å². The van der Waals surface area contributed by atoms with Gasteiger partial charge < -0.3 is 58.8 Å². The molecule has 9 unspecified atom stereocenters. The van der Waals surface area contributed by atoms with E-state index in [0.29, 0.717) is 5.56 Å². The molecule has 3 aliphatic carbocycles. The van der Waals surface area contributed by atoms with Crippen molar-refractivity contribution in [1.82, 2.24) is 5.32 Å². The van der Waals surface area contributed by atoms with Crippen LogP contribution in [0.15, 0.2) is 102 Å². The molecule has 3 aromatic rings. The second-order valence-electron chi connectivity index (χ2n) is 17.6. The lowest BCUT2D eigenvalue weighted by Gasteiger charge is -2.67. The van der Waals surface area contributed by atoms with Crippen LogP contribution in [0.5, 0.6) is 0 Å². The van der Waals surface area contributed by atoms with Gasteiger partial charge in [0.15, 0.2) is 12.6 Å². The third-order valence-corrected chi connectivity index (χ3v) is 14.2. The molecule has 1 aliphatic heterocycles. The van der Waals surface area contributed by atoms with E-state index in [1.54, 1.807) is 66.7 Å². The molecule has 2 bridgehead atoms. The zero-order valence-electron chi connectivity index (χ0n) is 36.6. The van der Waals surface area contributed by atoms with Crippen molar-refractivity contribution in [2.45, 2.75) is 94.4 Å². The Kier molecular flexibility index (Phi) is 13.5. The first-order valence-corrected chi connectivity index (χ1v) is 22.5. The maximum absolute atomic E-state index is 15.3. The van der Waals surface area contributed by atoms with E-state index in [9.17, 15) is 48.8 Å². The summed E-state index contributed by atoms with van der Waals surface area (Å²) in [6, 6.07) is 22.3. The van der Waals surface area contributed by atoms with Crippen molar-refractivity contribution in [3.05, 3.63) is 119 Å². The molecule has 6 N–H and O–H groups in total. The summed E-state index contributed by atoms with van der Waals surface area (Å²) in [4.78, 5) is 89.7. The van der Waals surface area contributed by atoms with E-state index in [-0.39, 0.29) is 28.7 Å². The van der Waals surface area contributed by atoms with E-state index in [0.717, 1.165) is 7.11 Å². The maximum atomic E-state index is 15.3. The number of Topliss-reactive ketones (excluding diaryl/α,β-unsaturated/α-hetero) is 1. The third-order valence-electron chi connectivity index (χ3n) is 13.7. The highest BCUT2D eigenvalue weighted by Crippen LogP contribution is 2.64. The quantitative estimate of drug-likeness (QED) is 0.0470. The van der Waals surface area contributed by atoms with Gasteiger partial charge in [-0.3, -0.25) is 14.1 Å². The van der Waals surface area contributed by atoms with Crippen LogP contribution >= 0.6 is 7.82 Å². The standard InChI is InChI=1S/C46H52NO18P/c1-25-29(63-41(52)35(64-42(53)59-5)33(26-15-9-6-10-16-26)47-39(50)27-17-11-7-12-18-27)22-46(55)38(65-40(51)28-19-13-8-14-20-28)36-44(4,37(49)34(48)32(25)43(46,2)3)30(61-24-62-66(56,57)58)21-31-45(36,54)23-60-31/h6-20,29-31,33-36,38,48,54-55H,21-24H2,1-5H3,(H,47,50)(H2,56,57,58)/t29?,30?,31?,33?,34?,35?,36?,38?,44-,45+,46?/m1/s1. The molecule has 3 aromatic carbocycles. The Labute approximate surface area is 379 Å². The minimum Gasteiger partial charge on any atom is -0.455 e. The van der Waals surface area contributed by atoms with Gasteiger partial charge >= 0.3 is 25.9 Å².